The molecule has 2 aromatic rings. The molecule has 0 spiro atoms. The fourth-order valence-electron chi connectivity index (χ4n) is 5.77. The molecular weight excluding hydrogens is 449 g/mol. The van der Waals surface area contributed by atoms with E-state index in [1.54, 1.807) is 4.90 Å². The van der Waals surface area contributed by atoms with Crippen LogP contribution in [-0.2, 0) is 25.7 Å². The standard InChI is InChI=1S/C24H23ClFN3O4/c1-14-3-5-15(6-4-14)9-28-18(30)10-29(20-17(26)7-16(25)8-27-20)21(31)19(28)23-11-24(12-23,13-23)22(32)33-2/h3-8,19H,9-13H2,1-2H3. The van der Waals surface area contributed by atoms with Gasteiger partial charge in [0.15, 0.2) is 11.6 Å². The number of hydrogen-bond donors (Lipinski definition) is 0. The third-order valence-corrected chi connectivity index (χ3v) is 7.42. The monoisotopic (exact) mass is 471 g/mol. The second-order valence-electron chi connectivity index (χ2n) is 9.46. The third kappa shape index (κ3) is 3.30. The van der Waals surface area contributed by atoms with Crippen LogP contribution in [0.2, 0.25) is 5.02 Å². The Morgan fingerprint density at radius 1 is 1.24 bits per heavy atom. The molecule has 1 unspecified atom stereocenters. The number of esters is 1. The molecule has 1 aromatic carbocycles. The van der Waals surface area contributed by atoms with Gasteiger partial charge in [-0.25, -0.2) is 9.37 Å². The van der Waals surface area contributed by atoms with Crippen molar-refractivity contribution in [3.63, 3.8) is 0 Å². The summed E-state index contributed by atoms with van der Waals surface area (Å²) in [4.78, 5) is 46.0. The highest BCUT2D eigenvalue weighted by Gasteiger charge is 2.77. The molecule has 2 heterocycles. The molecule has 3 saturated carbocycles. The lowest BCUT2D eigenvalue weighted by Crippen LogP contribution is -2.77. The fourth-order valence-corrected chi connectivity index (χ4v) is 5.91. The number of amides is 2. The van der Waals surface area contributed by atoms with Crippen molar-refractivity contribution in [2.24, 2.45) is 10.8 Å². The molecule has 4 aliphatic rings. The van der Waals surface area contributed by atoms with Crippen molar-refractivity contribution in [3.8, 4) is 0 Å². The number of pyridine rings is 1. The number of carbonyl (C=O) groups excluding carboxylic acids is 3. The quantitative estimate of drug-likeness (QED) is 0.625. The Bertz CT molecular complexity index is 1150. The summed E-state index contributed by atoms with van der Waals surface area (Å²) in [5, 5.41) is 0.101. The molecule has 1 aromatic heterocycles. The summed E-state index contributed by atoms with van der Waals surface area (Å²) in [6.45, 7) is 1.92. The van der Waals surface area contributed by atoms with E-state index in [2.05, 4.69) is 4.98 Å². The van der Waals surface area contributed by atoms with E-state index in [0.29, 0.717) is 19.3 Å². The zero-order valence-corrected chi connectivity index (χ0v) is 19.1. The van der Waals surface area contributed by atoms with Gasteiger partial charge in [-0.2, -0.15) is 0 Å². The van der Waals surface area contributed by atoms with E-state index < -0.39 is 28.6 Å². The molecule has 2 amide bonds. The van der Waals surface area contributed by atoms with E-state index in [-0.39, 0.29) is 35.8 Å². The van der Waals surface area contributed by atoms with Crippen LogP contribution in [0, 0.1) is 23.6 Å². The summed E-state index contributed by atoms with van der Waals surface area (Å²) in [6.07, 6.45) is 2.64. The second-order valence-corrected chi connectivity index (χ2v) is 9.89. The first-order valence-corrected chi connectivity index (χ1v) is 11.1. The fraction of sp³-hybridized carbons (Fsp3) is 0.417. The first kappa shape index (κ1) is 21.8. The lowest BCUT2D eigenvalue weighted by molar-refractivity contribution is -0.245. The van der Waals surface area contributed by atoms with E-state index in [1.807, 2.05) is 31.2 Å². The number of methoxy groups -OCH3 is 1. The summed E-state index contributed by atoms with van der Waals surface area (Å²) in [7, 11) is 1.35. The van der Waals surface area contributed by atoms with Crippen LogP contribution >= 0.6 is 11.6 Å². The van der Waals surface area contributed by atoms with Crippen molar-refractivity contribution in [2.75, 3.05) is 18.6 Å². The molecule has 1 saturated heterocycles. The molecule has 6 rings (SSSR count). The van der Waals surface area contributed by atoms with E-state index >= 15 is 0 Å². The number of hydrogen-bond acceptors (Lipinski definition) is 5. The van der Waals surface area contributed by atoms with Gasteiger partial charge in [0.05, 0.1) is 17.5 Å². The number of aromatic nitrogens is 1. The molecule has 3 aliphatic carbocycles. The Morgan fingerprint density at radius 3 is 2.52 bits per heavy atom. The maximum absolute atomic E-state index is 14.6. The predicted octanol–water partition coefficient (Wildman–Crippen LogP) is 3.27. The van der Waals surface area contributed by atoms with Crippen LogP contribution in [0.25, 0.3) is 0 Å². The zero-order chi connectivity index (χ0) is 23.5. The minimum absolute atomic E-state index is 0.101. The zero-order valence-electron chi connectivity index (χ0n) is 18.3. The Hall–Kier alpha value is -3.00. The minimum Gasteiger partial charge on any atom is -0.469 e. The first-order chi connectivity index (χ1) is 15.7. The molecule has 2 bridgehead atoms. The predicted molar refractivity (Wildman–Crippen MR) is 118 cm³/mol. The molecule has 9 heteroatoms. The van der Waals surface area contributed by atoms with Crippen LogP contribution in [0.5, 0.6) is 0 Å². The lowest BCUT2D eigenvalue weighted by Gasteiger charge is -2.72. The van der Waals surface area contributed by atoms with Gasteiger partial charge < -0.3 is 9.64 Å². The van der Waals surface area contributed by atoms with E-state index in [0.717, 1.165) is 22.1 Å². The number of anilines is 1. The SMILES string of the molecule is COC(=O)C12CC(C3C(=O)N(c4ncc(Cl)cc4F)CC(=O)N3Cc3ccc(C)cc3)(C1)C2. The highest BCUT2D eigenvalue weighted by atomic mass is 35.5. The molecule has 172 valence electrons. The summed E-state index contributed by atoms with van der Waals surface area (Å²) in [5.41, 5.74) is 0.865. The van der Waals surface area contributed by atoms with Crippen LogP contribution in [0.15, 0.2) is 36.5 Å². The normalized spacial score (nSPS) is 28.3. The highest BCUT2D eigenvalue weighted by molar-refractivity contribution is 6.30. The van der Waals surface area contributed by atoms with Gasteiger partial charge in [0.25, 0.3) is 5.91 Å². The van der Waals surface area contributed by atoms with Crippen molar-refractivity contribution in [1.82, 2.24) is 9.88 Å². The Kier molecular flexibility index (Phi) is 4.97. The van der Waals surface area contributed by atoms with Gasteiger partial charge in [0.2, 0.25) is 5.91 Å². The van der Waals surface area contributed by atoms with Gasteiger partial charge in [0, 0.05) is 18.2 Å². The number of ether oxygens (including phenoxy) is 1. The minimum atomic E-state index is -0.816. The maximum Gasteiger partial charge on any atom is 0.311 e. The summed E-state index contributed by atoms with van der Waals surface area (Å²) in [5.74, 6) is -1.96. The maximum atomic E-state index is 14.6. The molecule has 0 radical (unpaired) electrons. The number of rotatable bonds is 5. The van der Waals surface area contributed by atoms with Gasteiger partial charge >= 0.3 is 5.97 Å². The van der Waals surface area contributed by atoms with E-state index in [4.69, 9.17) is 16.3 Å². The largest absolute Gasteiger partial charge is 0.469 e. The molecule has 0 N–H and O–H groups in total. The van der Waals surface area contributed by atoms with Crippen molar-refractivity contribution in [2.45, 2.75) is 38.8 Å². The second kappa shape index (κ2) is 7.52. The van der Waals surface area contributed by atoms with Crippen LogP contribution in [0.1, 0.15) is 30.4 Å². The third-order valence-electron chi connectivity index (χ3n) is 7.21. The Balaban J connectivity index is 1.49. The average Bonchev–Trinajstić information content (AvgIpc) is 2.72. The number of nitrogens with zero attached hydrogens (tertiary/aromatic N) is 3. The van der Waals surface area contributed by atoms with Crippen LogP contribution in [-0.4, -0.2) is 47.4 Å². The van der Waals surface area contributed by atoms with Crippen LogP contribution in [0.4, 0.5) is 10.2 Å². The van der Waals surface area contributed by atoms with Gasteiger partial charge in [-0.05, 0) is 37.8 Å². The van der Waals surface area contributed by atoms with Gasteiger partial charge in [-0.3, -0.25) is 19.3 Å². The number of carbonyl (C=O) groups is 3. The van der Waals surface area contributed by atoms with Gasteiger partial charge in [-0.15, -0.1) is 0 Å². The number of aryl methyl sites for hydroxylation is 1. The van der Waals surface area contributed by atoms with E-state index in [1.165, 1.54) is 13.3 Å². The first-order valence-electron chi connectivity index (χ1n) is 10.7. The topological polar surface area (TPSA) is 79.8 Å². The molecule has 33 heavy (non-hydrogen) atoms. The molecule has 1 aliphatic heterocycles. The van der Waals surface area contributed by atoms with Crippen molar-refractivity contribution in [3.05, 3.63) is 58.5 Å². The number of benzene rings is 1. The summed E-state index contributed by atoms with van der Waals surface area (Å²) < 4.78 is 19.6. The smallest absolute Gasteiger partial charge is 0.311 e. The average molecular weight is 472 g/mol. The molecular formula is C24H23ClFN3O4. The molecule has 4 fully saturated rings. The summed E-state index contributed by atoms with van der Waals surface area (Å²) >= 11 is 5.82. The number of halogens is 2. The van der Waals surface area contributed by atoms with Crippen LogP contribution in [0.3, 0.4) is 0 Å². The highest BCUT2D eigenvalue weighted by Crippen LogP contribution is 2.76. The van der Waals surface area contributed by atoms with Crippen molar-refractivity contribution < 1.29 is 23.5 Å². The van der Waals surface area contributed by atoms with E-state index in [9.17, 15) is 18.8 Å². The van der Waals surface area contributed by atoms with Crippen molar-refractivity contribution in [1.29, 1.82) is 0 Å². The van der Waals surface area contributed by atoms with Crippen LogP contribution < -0.4 is 4.90 Å². The van der Waals surface area contributed by atoms with Gasteiger partial charge in [-0.1, -0.05) is 41.4 Å². The Morgan fingerprint density at radius 2 is 1.91 bits per heavy atom. The molecule has 7 nitrogen and oxygen atoms in total. The Labute approximate surface area is 195 Å². The lowest BCUT2D eigenvalue weighted by atomic mass is 9.32. The molecule has 1 atom stereocenters. The van der Waals surface area contributed by atoms with Crippen molar-refractivity contribution >= 4 is 35.2 Å². The number of piperazine rings is 1. The summed E-state index contributed by atoms with van der Waals surface area (Å²) in [6, 6.07) is 8.01. The van der Waals surface area contributed by atoms with Gasteiger partial charge in [0.1, 0.15) is 12.6 Å².